The first-order valence-electron chi connectivity index (χ1n) is 10.00. The zero-order valence-corrected chi connectivity index (χ0v) is 16.6. The third kappa shape index (κ3) is 3.28. The highest BCUT2D eigenvalue weighted by atomic mass is 19.1. The van der Waals surface area contributed by atoms with E-state index in [-0.39, 0.29) is 17.5 Å². The summed E-state index contributed by atoms with van der Waals surface area (Å²) in [6.07, 6.45) is 3.76. The molecular formula is C23H27FN2O2. The van der Waals surface area contributed by atoms with Gasteiger partial charge in [-0.15, -0.1) is 0 Å². The van der Waals surface area contributed by atoms with Crippen molar-refractivity contribution in [2.24, 2.45) is 0 Å². The molecule has 0 saturated carbocycles. The number of amides is 1. The Bertz CT molecular complexity index is 867. The number of halogens is 1. The van der Waals surface area contributed by atoms with Gasteiger partial charge in [0.15, 0.2) is 11.6 Å². The van der Waals surface area contributed by atoms with Crippen LogP contribution < -0.4 is 9.64 Å². The van der Waals surface area contributed by atoms with Gasteiger partial charge < -0.3 is 9.64 Å². The lowest BCUT2D eigenvalue weighted by atomic mass is 9.84. The summed E-state index contributed by atoms with van der Waals surface area (Å²) < 4.78 is 18.9. The van der Waals surface area contributed by atoms with Crippen molar-refractivity contribution in [3.63, 3.8) is 0 Å². The molecule has 2 aliphatic rings. The minimum Gasteiger partial charge on any atom is -0.494 e. The Labute approximate surface area is 165 Å². The second-order valence-electron chi connectivity index (χ2n) is 7.92. The number of hydrogen-bond donors (Lipinski definition) is 0. The maximum atomic E-state index is 13.8. The highest BCUT2D eigenvalue weighted by Crippen LogP contribution is 2.40. The molecule has 0 aliphatic carbocycles. The smallest absolute Gasteiger partial charge is 0.247 e. The number of carbonyl (C=O) groups excluding carboxylic acids is 1. The third-order valence-electron chi connectivity index (χ3n) is 6.17. The number of benzene rings is 2. The zero-order valence-electron chi connectivity index (χ0n) is 16.6. The van der Waals surface area contributed by atoms with E-state index in [1.165, 1.54) is 18.7 Å². The van der Waals surface area contributed by atoms with Gasteiger partial charge in [0.1, 0.15) is 5.54 Å². The van der Waals surface area contributed by atoms with E-state index in [1.807, 2.05) is 17.0 Å². The lowest BCUT2D eigenvalue weighted by Gasteiger charge is -2.44. The van der Waals surface area contributed by atoms with E-state index in [0.29, 0.717) is 6.54 Å². The van der Waals surface area contributed by atoms with E-state index in [2.05, 4.69) is 24.0 Å². The monoisotopic (exact) mass is 382 g/mol. The molecule has 2 saturated heterocycles. The van der Waals surface area contributed by atoms with E-state index in [0.717, 1.165) is 50.0 Å². The van der Waals surface area contributed by atoms with Gasteiger partial charge in [0, 0.05) is 18.8 Å². The molecule has 148 valence electrons. The molecule has 0 aromatic heterocycles. The van der Waals surface area contributed by atoms with Crippen LogP contribution in [0, 0.1) is 12.7 Å². The number of piperidine rings is 1. The fourth-order valence-electron chi connectivity index (χ4n) is 4.67. The van der Waals surface area contributed by atoms with Gasteiger partial charge in [0.25, 0.3) is 0 Å². The standard InChI is InChI=1S/C23H27FN2O2/c1-17-5-8-19(9-6-17)26-14-4-12-23(22(26)27)11-3-13-25(23)16-18-7-10-20(24)21(15-18)28-2/h5-10,15H,3-4,11-14,16H2,1-2H3. The van der Waals surface area contributed by atoms with Crippen molar-refractivity contribution in [2.75, 3.05) is 25.1 Å². The van der Waals surface area contributed by atoms with E-state index in [9.17, 15) is 9.18 Å². The molecule has 1 unspecified atom stereocenters. The molecule has 2 aliphatic heterocycles. The maximum Gasteiger partial charge on any atom is 0.247 e. The minimum absolute atomic E-state index is 0.203. The number of carbonyl (C=O) groups is 1. The largest absolute Gasteiger partial charge is 0.494 e. The van der Waals surface area contributed by atoms with E-state index in [1.54, 1.807) is 12.1 Å². The van der Waals surface area contributed by atoms with Crippen molar-refractivity contribution in [1.82, 2.24) is 4.90 Å². The van der Waals surface area contributed by atoms with Crippen molar-refractivity contribution >= 4 is 11.6 Å². The molecule has 2 heterocycles. The average Bonchev–Trinajstić information content (AvgIpc) is 3.09. The van der Waals surface area contributed by atoms with Crippen LogP contribution in [0.2, 0.25) is 0 Å². The first-order valence-corrected chi connectivity index (χ1v) is 10.00. The van der Waals surface area contributed by atoms with Gasteiger partial charge in [-0.2, -0.15) is 0 Å². The van der Waals surface area contributed by atoms with Crippen LogP contribution in [0.4, 0.5) is 10.1 Å². The second kappa shape index (κ2) is 7.55. The van der Waals surface area contributed by atoms with Gasteiger partial charge in [-0.3, -0.25) is 9.69 Å². The van der Waals surface area contributed by atoms with Crippen LogP contribution in [0.15, 0.2) is 42.5 Å². The fourth-order valence-corrected chi connectivity index (χ4v) is 4.67. The van der Waals surface area contributed by atoms with Gasteiger partial charge >= 0.3 is 0 Å². The number of methoxy groups -OCH3 is 1. The summed E-state index contributed by atoms with van der Waals surface area (Å²) in [5, 5.41) is 0. The van der Waals surface area contributed by atoms with Crippen LogP contribution in [0.5, 0.6) is 5.75 Å². The summed E-state index contributed by atoms with van der Waals surface area (Å²) in [6, 6.07) is 13.2. The summed E-state index contributed by atoms with van der Waals surface area (Å²) in [4.78, 5) is 17.9. The number of nitrogens with zero attached hydrogens (tertiary/aromatic N) is 2. The minimum atomic E-state index is -0.454. The highest BCUT2D eigenvalue weighted by Gasteiger charge is 2.50. The van der Waals surface area contributed by atoms with Crippen molar-refractivity contribution < 1.29 is 13.9 Å². The fraction of sp³-hybridized carbons (Fsp3) is 0.435. The molecule has 2 aromatic rings. The highest BCUT2D eigenvalue weighted by molar-refractivity contribution is 6.01. The molecule has 5 heteroatoms. The topological polar surface area (TPSA) is 32.8 Å². The number of ether oxygens (including phenoxy) is 1. The number of likely N-dealkylation sites (tertiary alicyclic amines) is 1. The average molecular weight is 382 g/mol. The van der Waals surface area contributed by atoms with Crippen molar-refractivity contribution in [3.05, 3.63) is 59.4 Å². The van der Waals surface area contributed by atoms with Gasteiger partial charge in [0.2, 0.25) is 5.91 Å². The molecule has 0 N–H and O–H groups in total. The molecular weight excluding hydrogens is 355 g/mol. The lowest BCUT2D eigenvalue weighted by molar-refractivity contribution is -0.131. The van der Waals surface area contributed by atoms with Crippen LogP contribution in [0.25, 0.3) is 0 Å². The van der Waals surface area contributed by atoms with Gasteiger partial charge in [-0.05, 0) is 69.0 Å². The molecule has 0 bridgehead atoms. The Kier molecular flexibility index (Phi) is 5.11. The van der Waals surface area contributed by atoms with Crippen LogP contribution in [0.3, 0.4) is 0 Å². The molecule has 2 aromatic carbocycles. The molecule has 4 rings (SSSR count). The van der Waals surface area contributed by atoms with E-state index < -0.39 is 5.54 Å². The molecule has 4 nitrogen and oxygen atoms in total. The van der Waals surface area contributed by atoms with Crippen LogP contribution in [-0.4, -0.2) is 36.5 Å². The van der Waals surface area contributed by atoms with Crippen molar-refractivity contribution in [1.29, 1.82) is 0 Å². The second-order valence-corrected chi connectivity index (χ2v) is 7.92. The maximum absolute atomic E-state index is 13.8. The Hall–Kier alpha value is -2.40. The number of anilines is 1. The summed E-state index contributed by atoms with van der Waals surface area (Å²) in [6.45, 7) is 4.33. The molecule has 1 amide bonds. The van der Waals surface area contributed by atoms with Crippen LogP contribution in [0.1, 0.15) is 36.8 Å². The third-order valence-corrected chi connectivity index (χ3v) is 6.17. The first-order chi connectivity index (χ1) is 13.5. The van der Waals surface area contributed by atoms with Gasteiger partial charge in [0.05, 0.1) is 7.11 Å². The quantitative estimate of drug-likeness (QED) is 0.790. The summed E-state index contributed by atoms with van der Waals surface area (Å²) in [5.41, 5.74) is 2.69. The predicted molar refractivity (Wildman–Crippen MR) is 108 cm³/mol. The molecule has 0 radical (unpaired) electrons. The summed E-state index contributed by atoms with van der Waals surface area (Å²) >= 11 is 0. The Balaban J connectivity index is 1.60. The number of rotatable bonds is 4. The Morgan fingerprint density at radius 1 is 1.07 bits per heavy atom. The normalized spacial score (nSPS) is 22.8. The Morgan fingerprint density at radius 3 is 2.50 bits per heavy atom. The molecule has 1 atom stereocenters. The van der Waals surface area contributed by atoms with E-state index in [4.69, 9.17) is 4.74 Å². The number of aryl methyl sites for hydroxylation is 1. The van der Waals surface area contributed by atoms with Crippen LogP contribution >= 0.6 is 0 Å². The molecule has 2 fully saturated rings. The molecule has 28 heavy (non-hydrogen) atoms. The van der Waals surface area contributed by atoms with E-state index >= 15 is 0 Å². The Morgan fingerprint density at radius 2 is 1.79 bits per heavy atom. The lowest BCUT2D eigenvalue weighted by Crippen LogP contribution is -2.59. The van der Waals surface area contributed by atoms with Gasteiger partial charge in [-0.1, -0.05) is 23.8 Å². The summed E-state index contributed by atoms with van der Waals surface area (Å²) in [5.74, 6) is 0.0952. The summed E-state index contributed by atoms with van der Waals surface area (Å²) in [7, 11) is 1.48. The van der Waals surface area contributed by atoms with Gasteiger partial charge in [-0.25, -0.2) is 4.39 Å². The van der Waals surface area contributed by atoms with Crippen molar-refractivity contribution in [3.8, 4) is 5.75 Å². The van der Waals surface area contributed by atoms with Crippen molar-refractivity contribution in [2.45, 2.75) is 44.7 Å². The SMILES string of the molecule is COc1cc(CN2CCCC23CCCN(c2ccc(C)cc2)C3=O)ccc1F. The first kappa shape index (κ1) is 18.9. The zero-order chi connectivity index (χ0) is 19.7. The molecule has 1 spiro atoms. The van der Waals surface area contributed by atoms with Crippen LogP contribution in [-0.2, 0) is 11.3 Å². The predicted octanol–water partition coefficient (Wildman–Crippen LogP) is 4.30. The number of hydrogen-bond acceptors (Lipinski definition) is 3.